The normalized spacial score (nSPS) is 12.6. The maximum absolute atomic E-state index is 8.85. The average molecular weight is 403 g/mol. The molecule has 0 fully saturated rings. The minimum Gasteiger partial charge on any atom is -0.394 e. The molecule has 0 radical (unpaired) electrons. The van der Waals surface area contributed by atoms with Crippen molar-refractivity contribution in [3.8, 4) is 0 Å². The number of hydrogen-bond donors (Lipinski definition) is 3. The molecule has 0 amide bonds. The molecular formula is C16H34O9S. The SMILES string of the molecule is OCCOCCOCCOCCOCCOCCOCCOCC(O)S. The zero-order chi connectivity index (χ0) is 19.1. The lowest BCUT2D eigenvalue weighted by Crippen LogP contribution is -2.15. The summed E-state index contributed by atoms with van der Waals surface area (Å²) in [5.74, 6) is 0. The molecule has 1 unspecified atom stereocenters. The van der Waals surface area contributed by atoms with E-state index in [-0.39, 0.29) is 13.2 Å². The van der Waals surface area contributed by atoms with Crippen LogP contribution in [0.3, 0.4) is 0 Å². The number of rotatable bonds is 22. The molecular weight excluding hydrogens is 368 g/mol. The highest BCUT2D eigenvalue weighted by molar-refractivity contribution is 7.80. The van der Waals surface area contributed by atoms with Gasteiger partial charge >= 0.3 is 0 Å². The van der Waals surface area contributed by atoms with Gasteiger partial charge in [0.15, 0.2) is 0 Å². The van der Waals surface area contributed by atoms with Crippen LogP contribution in [0, 0.1) is 0 Å². The fraction of sp³-hybridized carbons (Fsp3) is 1.00. The molecule has 1 atom stereocenters. The third-order valence-corrected chi connectivity index (χ3v) is 2.88. The van der Waals surface area contributed by atoms with Crippen LogP contribution in [0.15, 0.2) is 0 Å². The Labute approximate surface area is 161 Å². The van der Waals surface area contributed by atoms with Gasteiger partial charge in [-0.3, -0.25) is 0 Å². The summed E-state index contributed by atoms with van der Waals surface area (Å²) in [6, 6.07) is 0. The first-order valence-corrected chi connectivity index (χ1v) is 9.30. The maximum Gasteiger partial charge on any atom is 0.120 e. The molecule has 0 aliphatic rings. The first kappa shape index (κ1) is 26.0. The highest BCUT2D eigenvalue weighted by Gasteiger charge is 1.96. The molecule has 0 bridgehead atoms. The third-order valence-electron chi connectivity index (χ3n) is 2.73. The summed E-state index contributed by atoms with van der Waals surface area (Å²) in [6.45, 7) is 6.42. The lowest BCUT2D eigenvalue weighted by molar-refractivity contribution is -0.0229. The van der Waals surface area contributed by atoms with Gasteiger partial charge in [-0.1, -0.05) is 0 Å². The minimum atomic E-state index is -0.750. The van der Waals surface area contributed by atoms with Crippen LogP contribution in [-0.4, -0.2) is 115 Å². The van der Waals surface area contributed by atoms with E-state index in [4.69, 9.17) is 43.4 Å². The van der Waals surface area contributed by atoms with Crippen LogP contribution >= 0.6 is 12.6 Å². The number of thiol groups is 1. The van der Waals surface area contributed by atoms with Gasteiger partial charge in [-0.25, -0.2) is 0 Å². The first-order chi connectivity index (χ1) is 12.8. The molecule has 0 aliphatic carbocycles. The molecule has 0 heterocycles. The molecule has 26 heavy (non-hydrogen) atoms. The van der Waals surface area contributed by atoms with E-state index in [1.807, 2.05) is 0 Å². The van der Waals surface area contributed by atoms with Crippen molar-refractivity contribution in [2.24, 2.45) is 0 Å². The van der Waals surface area contributed by atoms with E-state index >= 15 is 0 Å². The van der Waals surface area contributed by atoms with E-state index in [0.29, 0.717) is 85.9 Å². The second-order valence-electron chi connectivity index (χ2n) is 4.95. The standard InChI is InChI=1S/C16H34O9S/c17-1-2-19-3-4-20-5-6-21-7-8-22-9-10-23-11-12-24-13-14-25-15-16(18)26/h16-18,26H,1-15H2. The molecule has 0 aromatic rings. The van der Waals surface area contributed by atoms with Gasteiger partial charge in [0.1, 0.15) is 5.44 Å². The lowest BCUT2D eigenvalue weighted by Gasteiger charge is -2.08. The monoisotopic (exact) mass is 402 g/mol. The Balaban J connectivity index is 2.97. The topological polar surface area (TPSA) is 105 Å². The molecule has 0 aromatic carbocycles. The molecule has 0 aromatic heterocycles. The maximum atomic E-state index is 8.85. The van der Waals surface area contributed by atoms with Crippen LogP contribution in [0.25, 0.3) is 0 Å². The Morgan fingerprint density at radius 1 is 0.500 bits per heavy atom. The summed E-state index contributed by atoms with van der Waals surface area (Å²) in [5, 5.41) is 17.4. The Bertz CT molecular complexity index is 260. The number of ether oxygens (including phenoxy) is 7. The zero-order valence-corrected chi connectivity index (χ0v) is 16.3. The fourth-order valence-electron chi connectivity index (χ4n) is 1.57. The smallest absolute Gasteiger partial charge is 0.120 e. The van der Waals surface area contributed by atoms with Gasteiger partial charge in [-0.15, -0.1) is 12.6 Å². The third kappa shape index (κ3) is 24.0. The van der Waals surface area contributed by atoms with Crippen LogP contribution in [0.2, 0.25) is 0 Å². The van der Waals surface area contributed by atoms with Crippen molar-refractivity contribution >= 4 is 12.6 Å². The Kier molecular flexibility index (Phi) is 23.0. The fourth-order valence-corrected chi connectivity index (χ4v) is 1.68. The summed E-state index contributed by atoms with van der Waals surface area (Å²) in [5.41, 5.74) is -0.750. The van der Waals surface area contributed by atoms with E-state index < -0.39 is 5.44 Å². The van der Waals surface area contributed by atoms with Crippen molar-refractivity contribution in [2.45, 2.75) is 5.44 Å². The van der Waals surface area contributed by atoms with Crippen LogP contribution < -0.4 is 0 Å². The summed E-state index contributed by atoms with van der Waals surface area (Å²) in [4.78, 5) is 0. The largest absolute Gasteiger partial charge is 0.394 e. The molecule has 0 saturated carbocycles. The number of aliphatic hydroxyl groups excluding tert-OH is 2. The summed E-state index contributed by atoms with van der Waals surface area (Å²) in [7, 11) is 0. The molecule has 10 heteroatoms. The molecule has 0 rings (SSSR count). The Morgan fingerprint density at radius 2 is 0.769 bits per heavy atom. The summed E-state index contributed by atoms with van der Waals surface area (Å²) >= 11 is 3.78. The van der Waals surface area contributed by atoms with Crippen LogP contribution in [0.5, 0.6) is 0 Å². The van der Waals surface area contributed by atoms with Gasteiger partial charge in [0.2, 0.25) is 0 Å². The predicted molar refractivity (Wildman–Crippen MR) is 97.8 cm³/mol. The van der Waals surface area contributed by atoms with Gasteiger partial charge < -0.3 is 43.4 Å². The second kappa shape index (κ2) is 23.0. The average Bonchev–Trinajstić information content (AvgIpc) is 2.62. The van der Waals surface area contributed by atoms with Crippen molar-refractivity contribution < 1.29 is 43.4 Å². The highest BCUT2D eigenvalue weighted by atomic mass is 32.1. The Hall–Kier alpha value is -0.0100. The molecule has 0 spiro atoms. The summed E-state index contributed by atoms with van der Waals surface area (Å²) < 4.78 is 36.7. The van der Waals surface area contributed by atoms with Gasteiger partial charge in [-0.05, 0) is 0 Å². The van der Waals surface area contributed by atoms with Crippen molar-refractivity contribution in [3.63, 3.8) is 0 Å². The van der Waals surface area contributed by atoms with E-state index in [1.54, 1.807) is 0 Å². The van der Waals surface area contributed by atoms with Crippen LogP contribution in [0.1, 0.15) is 0 Å². The first-order valence-electron chi connectivity index (χ1n) is 8.78. The highest BCUT2D eigenvalue weighted by Crippen LogP contribution is 1.89. The van der Waals surface area contributed by atoms with E-state index in [0.717, 1.165) is 0 Å². The van der Waals surface area contributed by atoms with Gasteiger partial charge in [-0.2, -0.15) is 0 Å². The van der Waals surface area contributed by atoms with Crippen molar-refractivity contribution in [3.05, 3.63) is 0 Å². The van der Waals surface area contributed by atoms with Crippen LogP contribution in [-0.2, 0) is 33.2 Å². The Morgan fingerprint density at radius 3 is 1.04 bits per heavy atom. The quantitative estimate of drug-likeness (QED) is 0.124. The molecule has 158 valence electrons. The summed E-state index contributed by atoms with van der Waals surface area (Å²) in [6.07, 6.45) is 0. The van der Waals surface area contributed by atoms with Crippen molar-refractivity contribution in [2.75, 3.05) is 99.1 Å². The van der Waals surface area contributed by atoms with Crippen molar-refractivity contribution in [1.82, 2.24) is 0 Å². The van der Waals surface area contributed by atoms with E-state index in [9.17, 15) is 0 Å². The number of aliphatic hydroxyl groups is 2. The number of hydrogen-bond acceptors (Lipinski definition) is 10. The van der Waals surface area contributed by atoms with Gasteiger partial charge in [0.05, 0.1) is 99.1 Å². The minimum absolute atomic E-state index is 0.0286. The van der Waals surface area contributed by atoms with Crippen LogP contribution in [0.4, 0.5) is 0 Å². The molecule has 0 saturated heterocycles. The predicted octanol–water partition coefficient (Wildman–Crippen LogP) is -0.657. The molecule has 9 nitrogen and oxygen atoms in total. The van der Waals surface area contributed by atoms with Gasteiger partial charge in [0.25, 0.3) is 0 Å². The van der Waals surface area contributed by atoms with E-state index in [1.165, 1.54) is 0 Å². The molecule has 2 N–H and O–H groups in total. The molecule has 0 aliphatic heterocycles. The van der Waals surface area contributed by atoms with E-state index in [2.05, 4.69) is 12.6 Å². The zero-order valence-electron chi connectivity index (χ0n) is 15.4. The van der Waals surface area contributed by atoms with Gasteiger partial charge in [0, 0.05) is 0 Å². The lowest BCUT2D eigenvalue weighted by atomic mass is 10.6. The van der Waals surface area contributed by atoms with Crippen molar-refractivity contribution in [1.29, 1.82) is 0 Å². The second-order valence-corrected chi connectivity index (χ2v) is 5.55.